The minimum atomic E-state index is -0.571. The first-order valence-electron chi connectivity index (χ1n) is 8.47. The molecule has 138 valence electrons. The second-order valence-electron chi connectivity index (χ2n) is 6.65. The molecule has 3 rings (SSSR count). The van der Waals surface area contributed by atoms with Crippen LogP contribution in [0, 0.1) is 5.82 Å². The van der Waals surface area contributed by atoms with E-state index in [2.05, 4.69) is 10.6 Å². The summed E-state index contributed by atoms with van der Waals surface area (Å²) < 4.78 is 18.5. The van der Waals surface area contributed by atoms with Crippen LogP contribution in [0.3, 0.4) is 0 Å². The van der Waals surface area contributed by atoms with Gasteiger partial charge in [0.15, 0.2) is 17.3 Å². The number of halogens is 2. The van der Waals surface area contributed by atoms with Crippen LogP contribution in [0.1, 0.15) is 48.9 Å². The number of fused-ring (bicyclic) bond motifs is 2. The van der Waals surface area contributed by atoms with Crippen LogP contribution in [-0.2, 0) is 4.79 Å². The SMILES string of the molecule is COc1ccc(C(=O)CCC(=O)NC2CC3CCC(C2)N3)cc1F.Cl. The van der Waals surface area contributed by atoms with Crippen molar-refractivity contribution in [3.05, 3.63) is 29.6 Å². The molecule has 7 heteroatoms. The number of ketones is 1. The highest BCUT2D eigenvalue weighted by Crippen LogP contribution is 2.26. The summed E-state index contributed by atoms with van der Waals surface area (Å²) in [5.74, 6) is -0.816. The number of hydrogen-bond acceptors (Lipinski definition) is 4. The fourth-order valence-electron chi connectivity index (χ4n) is 3.69. The van der Waals surface area contributed by atoms with Gasteiger partial charge >= 0.3 is 0 Å². The molecule has 2 atom stereocenters. The average molecular weight is 371 g/mol. The van der Waals surface area contributed by atoms with Gasteiger partial charge in [-0.3, -0.25) is 9.59 Å². The van der Waals surface area contributed by atoms with Gasteiger partial charge in [0, 0.05) is 36.5 Å². The lowest BCUT2D eigenvalue weighted by atomic mass is 9.99. The molecule has 0 radical (unpaired) electrons. The largest absolute Gasteiger partial charge is 0.494 e. The van der Waals surface area contributed by atoms with Gasteiger partial charge in [-0.25, -0.2) is 4.39 Å². The van der Waals surface area contributed by atoms with Crippen LogP contribution < -0.4 is 15.4 Å². The standard InChI is InChI=1S/C18H23FN2O3.ClH/c1-24-17-6-2-11(8-15(17)19)16(22)5-7-18(23)21-14-9-12-3-4-13(10-14)20-12;/h2,6,8,12-14,20H,3-5,7,9-10H2,1H3,(H,21,23);1H. The first-order valence-corrected chi connectivity index (χ1v) is 8.47. The van der Waals surface area contributed by atoms with Crippen LogP contribution in [0.2, 0.25) is 0 Å². The Hall–Kier alpha value is -1.66. The van der Waals surface area contributed by atoms with Gasteiger partial charge in [-0.05, 0) is 43.9 Å². The number of carbonyl (C=O) groups excluding carboxylic acids is 2. The topological polar surface area (TPSA) is 67.4 Å². The lowest BCUT2D eigenvalue weighted by Crippen LogP contribution is -2.48. The maximum atomic E-state index is 13.6. The van der Waals surface area contributed by atoms with E-state index in [1.807, 2.05) is 0 Å². The highest BCUT2D eigenvalue weighted by atomic mass is 35.5. The van der Waals surface area contributed by atoms with E-state index >= 15 is 0 Å². The molecule has 1 aromatic rings. The Morgan fingerprint density at radius 2 is 1.92 bits per heavy atom. The molecule has 0 saturated carbocycles. The maximum absolute atomic E-state index is 13.6. The fourth-order valence-corrected chi connectivity index (χ4v) is 3.69. The van der Waals surface area contributed by atoms with Gasteiger partial charge < -0.3 is 15.4 Å². The Morgan fingerprint density at radius 1 is 1.24 bits per heavy atom. The zero-order valence-electron chi connectivity index (χ0n) is 14.2. The van der Waals surface area contributed by atoms with Crippen LogP contribution in [-0.4, -0.2) is 36.9 Å². The van der Waals surface area contributed by atoms with Gasteiger partial charge in [0.1, 0.15) is 0 Å². The second-order valence-corrected chi connectivity index (χ2v) is 6.65. The molecule has 2 bridgehead atoms. The molecule has 25 heavy (non-hydrogen) atoms. The molecule has 2 unspecified atom stereocenters. The van der Waals surface area contributed by atoms with Crippen LogP contribution >= 0.6 is 12.4 Å². The van der Waals surface area contributed by atoms with Crippen molar-refractivity contribution in [3.63, 3.8) is 0 Å². The van der Waals surface area contributed by atoms with E-state index in [1.165, 1.54) is 32.1 Å². The van der Waals surface area contributed by atoms with E-state index in [-0.39, 0.29) is 54.3 Å². The molecular formula is C18H24ClFN2O3. The Kier molecular flexibility index (Phi) is 6.79. The lowest BCUT2D eigenvalue weighted by Gasteiger charge is -2.29. The van der Waals surface area contributed by atoms with Crippen molar-refractivity contribution < 1.29 is 18.7 Å². The molecule has 2 saturated heterocycles. The van der Waals surface area contributed by atoms with Gasteiger partial charge in [0.05, 0.1) is 7.11 Å². The predicted octanol–water partition coefficient (Wildman–Crippen LogP) is 2.62. The van der Waals surface area contributed by atoms with Crippen LogP contribution in [0.25, 0.3) is 0 Å². The molecule has 0 spiro atoms. The first-order chi connectivity index (χ1) is 11.5. The summed E-state index contributed by atoms with van der Waals surface area (Å²) in [6.07, 6.45) is 4.48. The molecule has 2 heterocycles. The number of benzene rings is 1. The number of hydrogen-bond donors (Lipinski definition) is 2. The van der Waals surface area contributed by atoms with Crippen molar-refractivity contribution in [2.45, 2.75) is 56.7 Å². The van der Waals surface area contributed by atoms with Gasteiger partial charge in [-0.2, -0.15) is 0 Å². The van der Waals surface area contributed by atoms with E-state index < -0.39 is 5.82 Å². The molecule has 1 amide bonds. The molecule has 2 fully saturated rings. The van der Waals surface area contributed by atoms with Crippen molar-refractivity contribution in [1.29, 1.82) is 0 Å². The van der Waals surface area contributed by atoms with Crippen molar-refractivity contribution in [2.24, 2.45) is 0 Å². The Bertz CT molecular complexity index is 629. The maximum Gasteiger partial charge on any atom is 0.220 e. The lowest BCUT2D eigenvalue weighted by molar-refractivity contribution is -0.122. The molecule has 2 aliphatic heterocycles. The summed E-state index contributed by atoms with van der Waals surface area (Å²) >= 11 is 0. The third-order valence-electron chi connectivity index (χ3n) is 4.89. The summed E-state index contributed by atoms with van der Waals surface area (Å²) in [4.78, 5) is 24.2. The van der Waals surface area contributed by atoms with Crippen molar-refractivity contribution in [2.75, 3.05) is 7.11 Å². The number of carbonyl (C=O) groups is 2. The van der Waals surface area contributed by atoms with E-state index in [0.717, 1.165) is 18.9 Å². The Morgan fingerprint density at radius 3 is 2.52 bits per heavy atom. The first kappa shape index (κ1) is 19.7. The van der Waals surface area contributed by atoms with Gasteiger partial charge in [0.2, 0.25) is 5.91 Å². The van der Waals surface area contributed by atoms with E-state index in [9.17, 15) is 14.0 Å². The molecule has 1 aromatic carbocycles. The highest BCUT2D eigenvalue weighted by Gasteiger charge is 2.33. The second kappa shape index (κ2) is 8.63. The number of Topliss-reactive ketones (excluding diaryl/α,β-unsaturated/α-hetero) is 1. The predicted molar refractivity (Wildman–Crippen MR) is 94.9 cm³/mol. The highest BCUT2D eigenvalue weighted by molar-refractivity contribution is 5.98. The molecule has 2 N–H and O–H groups in total. The van der Waals surface area contributed by atoms with E-state index in [1.54, 1.807) is 0 Å². The van der Waals surface area contributed by atoms with Gasteiger partial charge in [-0.1, -0.05) is 0 Å². The van der Waals surface area contributed by atoms with Gasteiger partial charge in [0.25, 0.3) is 0 Å². The quantitative estimate of drug-likeness (QED) is 0.755. The summed E-state index contributed by atoms with van der Waals surface area (Å²) in [6.45, 7) is 0. The molecule has 5 nitrogen and oxygen atoms in total. The minimum absolute atomic E-state index is 0. The summed E-state index contributed by atoms with van der Waals surface area (Å²) in [6, 6.07) is 5.32. The molecule has 2 aliphatic rings. The summed E-state index contributed by atoms with van der Waals surface area (Å²) in [5, 5.41) is 6.56. The van der Waals surface area contributed by atoms with E-state index in [4.69, 9.17) is 4.74 Å². The monoisotopic (exact) mass is 370 g/mol. The average Bonchev–Trinajstić information content (AvgIpc) is 2.91. The molecule has 0 aromatic heterocycles. The van der Waals surface area contributed by atoms with Crippen LogP contribution in [0.4, 0.5) is 4.39 Å². The summed E-state index contributed by atoms with van der Waals surface area (Å²) in [5.41, 5.74) is 0.265. The smallest absolute Gasteiger partial charge is 0.220 e. The Balaban J connectivity index is 0.00000225. The number of rotatable bonds is 6. The third kappa shape index (κ3) is 4.92. The van der Waals surface area contributed by atoms with Crippen molar-refractivity contribution >= 4 is 24.1 Å². The molecular weight excluding hydrogens is 347 g/mol. The molecule has 0 aliphatic carbocycles. The zero-order chi connectivity index (χ0) is 17.1. The van der Waals surface area contributed by atoms with E-state index in [0.29, 0.717) is 12.1 Å². The third-order valence-corrected chi connectivity index (χ3v) is 4.89. The van der Waals surface area contributed by atoms with Crippen LogP contribution in [0.5, 0.6) is 5.75 Å². The number of methoxy groups -OCH3 is 1. The number of nitrogens with one attached hydrogen (secondary N) is 2. The number of amides is 1. The van der Waals surface area contributed by atoms with Gasteiger partial charge in [-0.15, -0.1) is 12.4 Å². The normalized spacial score (nSPS) is 24.3. The minimum Gasteiger partial charge on any atom is -0.494 e. The van der Waals surface area contributed by atoms with Crippen molar-refractivity contribution in [3.8, 4) is 5.75 Å². The summed E-state index contributed by atoms with van der Waals surface area (Å²) in [7, 11) is 1.37. The number of ether oxygens (including phenoxy) is 1. The number of piperidine rings is 1. The van der Waals surface area contributed by atoms with Crippen molar-refractivity contribution in [1.82, 2.24) is 10.6 Å². The van der Waals surface area contributed by atoms with Crippen LogP contribution in [0.15, 0.2) is 18.2 Å². The Labute approximate surface area is 153 Å². The fraction of sp³-hybridized carbons (Fsp3) is 0.556. The zero-order valence-corrected chi connectivity index (χ0v) is 15.0.